The summed E-state index contributed by atoms with van der Waals surface area (Å²) in [5.41, 5.74) is 3.21. The molecule has 1 heterocycles. The summed E-state index contributed by atoms with van der Waals surface area (Å²) in [6.45, 7) is 4.35. The lowest BCUT2D eigenvalue weighted by Gasteiger charge is -2.16. The Morgan fingerprint density at radius 2 is 1.72 bits per heavy atom. The Balaban J connectivity index is 1.74. The maximum atomic E-state index is 12.6. The number of hydrogen-bond acceptors (Lipinski definition) is 2. The molecular formula is C21H22N2O2. The van der Waals surface area contributed by atoms with Gasteiger partial charge in [-0.3, -0.25) is 9.59 Å². The SMILES string of the molecule is CCC(CNC(=O)C(=O)c1c(C)[nH]c2ccccc12)c1ccccc1. The minimum Gasteiger partial charge on any atom is -0.358 e. The van der Waals surface area contributed by atoms with Crippen LogP contribution in [0.2, 0.25) is 0 Å². The monoisotopic (exact) mass is 334 g/mol. The number of para-hydroxylation sites is 1. The van der Waals surface area contributed by atoms with Gasteiger partial charge < -0.3 is 10.3 Å². The van der Waals surface area contributed by atoms with Crippen molar-refractivity contribution < 1.29 is 9.59 Å². The molecule has 1 unspecified atom stereocenters. The van der Waals surface area contributed by atoms with Crippen LogP contribution in [0.5, 0.6) is 0 Å². The number of H-pyrrole nitrogens is 1. The molecule has 4 nitrogen and oxygen atoms in total. The van der Waals surface area contributed by atoms with Gasteiger partial charge in [-0.1, -0.05) is 55.5 Å². The first kappa shape index (κ1) is 17.0. The van der Waals surface area contributed by atoms with E-state index in [0.717, 1.165) is 23.0 Å². The van der Waals surface area contributed by atoms with Crippen LogP contribution in [0.4, 0.5) is 0 Å². The van der Waals surface area contributed by atoms with Crippen molar-refractivity contribution in [3.63, 3.8) is 0 Å². The van der Waals surface area contributed by atoms with Crippen molar-refractivity contribution in [2.45, 2.75) is 26.2 Å². The Hall–Kier alpha value is -2.88. The number of aryl methyl sites for hydroxylation is 1. The molecule has 2 N–H and O–H groups in total. The van der Waals surface area contributed by atoms with Crippen LogP contribution in [0.1, 0.15) is 40.9 Å². The standard InChI is InChI=1S/C21H22N2O2/c1-3-15(16-9-5-4-6-10-16)13-22-21(25)20(24)19-14(2)23-18-12-8-7-11-17(18)19/h4-12,15,23H,3,13H2,1-2H3,(H,22,25). The van der Waals surface area contributed by atoms with Gasteiger partial charge in [-0.2, -0.15) is 0 Å². The number of benzene rings is 2. The van der Waals surface area contributed by atoms with Gasteiger partial charge in [0.05, 0.1) is 5.56 Å². The molecule has 1 amide bonds. The molecule has 0 aliphatic carbocycles. The van der Waals surface area contributed by atoms with Crippen LogP contribution >= 0.6 is 0 Å². The number of aromatic amines is 1. The second kappa shape index (κ2) is 7.34. The number of fused-ring (bicyclic) bond motifs is 1. The topological polar surface area (TPSA) is 62.0 Å². The highest BCUT2D eigenvalue weighted by molar-refractivity contribution is 6.45. The Morgan fingerprint density at radius 1 is 1.04 bits per heavy atom. The third kappa shape index (κ3) is 3.48. The molecule has 0 saturated heterocycles. The van der Waals surface area contributed by atoms with E-state index < -0.39 is 11.7 Å². The predicted molar refractivity (Wildman–Crippen MR) is 99.8 cm³/mol. The Bertz CT molecular complexity index is 897. The number of aromatic nitrogens is 1. The summed E-state index contributed by atoms with van der Waals surface area (Å²) in [5.74, 6) is -0.845. The molecule has 128 valence electrons. The molecule has 0 saturated carbocycles. The minimum atomic E-state index is -0.553. The number of carbonyl (C=O) groups excluding carboxylic acids is 2. The second-order valence-corrected chi connectivity index (χ2v) is 6.23. The van der Waals surface area contributed by atoms with E-state index in [1.165, 1.54) is 5.56 Å². The molecule has 0 aliphatic heterocycles. The molecule has 0 aliphatic rings. The summed E-state index contributed by atoms with van der Waals surface area (Å²) in [5, 5.41) is 3.60. The zero-order chi connectivity index (χ0) is 17.8. The number of amides is 1. The van der Waals surface area contributed by atoms with Gasteiger partial charge in [0.25, 0.3) is 11.7 Å². The smallest absolute Gasteiger partial charge is 0.292 e. The number of carbonyl (C=O) groups is 2. The molecular weight excluding hydrogens is 312 g/mol. The van der Waals surface area contributed by atoms with Crippen LogP contribution in [-0.2, 0) is 4.79 Å². The highest BCUT2D eigenvalue weighted by Crippen LogP contribution is 2.22. The van der Waals surface area contributed by atoms with Gasteiger partial charge in [0.2, 0.25) is 0 Å². The molecule has 25 heavy (non-hydrogen) atoms. The lowest BCUT2D eigenvalue weighted by Crippen LogP contribution is -2.34. The van der Waals surface area contributed by atoms with E-state index >= 15 is 0 Å². The van der Waals surface area contributed by atoms with Crippen molar-refractivity contribution in [3.8, 4) is 0 Å². The van der Waals surface area contributed by atoms with Gasteiger partial charge in [-0.05, 0) is 25.0 Å². The summed E-state index contributed by atoms with van der Waals surface area (Å²) in [7, 11) is 0. The number of nitrogens with one attached hydrogen (secondary N) is 2. The van der Waals surface area contributed by atoms with E-state index in [-0.39, 0.29) is 5.92 Å². The van der Waals surface area contributed by atoms with E-state index in [4.69, 9.17) is 0 Å². The molecule has 3 rings (SSSR count). The highest BCUT2D eigenvalue weighted by Gasteiger charge is 2.23. The molecule has 1 aromatic heterocycles. The number of ketones is 1. The maximum absolute atomic E-state index is 12.6. The summed E-state index contributed by atoms with van der Waals surface area (Å²) < 4.78 is 0. The fraction of sp³-hybridized carbons (Fsp3) is 0.238. The summed E-state index contributed by atoms with van der Waals surface area (Å²) in [4.78, 5) is 28.2. The first-order chi connectivity index (χ1) is 12.1. The first-order valence-corrected chi connectivity index (χ1v) is 8.56. The van der Waals surface area contributed by atoms with Crippen LogP contribution in [0.3, 0.4) is 0 Å². The Labute approximate surface area is 147 Å². The lowest BCUT2D eigenvalue weighted by atomic mass is 9.96. The summed E-state index contributed by atoms with van der Waals surface area (Å²) in [6.07, 6.45) is 0.893. The van der Waals surface area contributed by atoms with Crippen molar-refractivity contribution in [1.82, 2.24) is 10.3 Å². The molecule has 2 aromatic carbocycles. The third-order valence-electron chi connectivity index (χ3n) is 4.60. The zero-order valence-corrected chi connectivity index (χ0v) is 14.5. The highest BCUT2D eigenvalue weighted by atomic mass is 16.2. The normalized spacial score (nSPS) is 12.1. The zero-order valence-electron chi connectivity index (χ0n) is 14.5. The predicted octanol–water partition coefficient (Wildman–Crippen LogP) is 3.97. The fourth-order valence-corrected chi connectivity index (χ4v) is 3.20. The van der Waals surface area contributed by atoms with Crippen molar-refractivity contribution in [3.05, 3.63) is 71.4 Å². The van der Waals surface area contributed by atoms with Crippen molar-refractivity contribution in [2.75, 3.05) is 6.54 Å². The van der Waals surface area contributed by atoms with Gasteiger partial charge in [-0.15, -0.1) is 0 Å². The van der Waals surface area contributed by atoms with E-state index in [1.807, 2.05) is 61.5 Å². The van der Waals surface area contributed by atoms with Crippen molar-refractivity contribution in [2.24, 2.45) is 0 Å². The molecule has 1 atom stereocenters. The number of Topliss-reactive ketones (excluding diaryl/α,β-unsaturated/α-hetero) is 1. The average molecular weight is 334 g/mol. The maximum Gasteiger partial charge on any atom is 0.292 e. The minimum absolute atomic E-state index is 0.196. The summed E-state index contributed by atoms with van der Waals surface area (Å²) in [6, 6.07) is 17.6. The first-order valence-electron chi connectivity index (χ1n) is 8.56. The van der Waals surface area contributed by atoms with Gasteiger partial charge in [0.1, 0.15) is 0 Å². The summed E-state index contributed by atoms with van der Waals surface area (Å²) >= 11 is 0. The fourth-order valence-electron chi connectivity index (χ4n) is 3.20. The molecule has 4 heteroatoms. The van der Waals surface area contributed by atoms with E-state index in [1.54, 1.807) is 0 Å². The van der Waals surface area contributed by atoms with Crippen LogP contribution < -0.4 is 5.32 Å². The van der Waals surface area contributed by atoms with E-state index in [0.29, 0.717) is 12.1 Å². The van der Waals surface area contributed by atoms with Crippen molar-refractivity contribution >= 4 is 22.6 Å². The van der Waals surface area contributed by atoms with E-state index in [2.05, 4.69) is 17.2 Å². The van der Waals surface area contributed by atoms with Gasteiger partial charge in [0.15, 0.2) is 0 Å². The number of rotatable bonds is 6. The third-order valence-corrected chi connectivity index (χ3v) is 4.60. The van der Waals surface area contributed by atoms with Gasteiger partial charge in [0, 0.05) is 29.1 Å². The molecule has 0 bridgehead atoms. The Kier molecular flexibility index (Phi) is 4.98. The molecule has 0 spiro atoms. The van der Waals surface area contributed by atoms with Gasteiger partial charge in [-0.25, -0.2) is 0 Å². The molecule has 0 fully saturated rings. The van der Waals surface area contributed by atoms with Crippen molar-refractivity contribution in [1.29, 1.82) is 0 Å². The molecule has 3 aromatic rings. The van der Waals surface area contributed by atoms with Crippen LogP contribution in [0, 0.1) is 6.92 Å². The number of hydrogen-bond donors (Lipinski definition) is 2. The molecule has 0 radical (unpaired) electrons. The van der Waals surface area contributed by atoms with Gasteiger partial charge >= 0.3 is 0 Å². The average Bonchev–Trinajstić information content (AvgIpc) is 2.98. The van der Waals surface area contributed by atoms with Crippen LogP contribution in [0.15, 0.2) is 54.6 Å². The quantitative estimate of drug-likeness (QED) is 0.529. The van der Waals surface area contributed by atoms with Crippen LogP contribution in [0.25, 0.3) is 10.9 Å². The van der Waals surface area contributed by atoms with Crippen LogP contribution in [-0.4, -0.2) is 23.2 Å². The lowest BCUT2D eigenvalue weighted by molar-refractivity contribution is -0.117. The Morgan fingerprint density at radius 3 is 2.44 bits per heavy atom. The van der Waals surface area contributed by atoms with E-state index in [9.17, 15) is 9.59 Å². The second-order valence-electron chi connectivity index (χ2n) is 6.23. The largest absolute Gasteiger partial charge is 0.358 e.